The first-order valence-corrected chi connectivity index (χ1v) is 7.86. The minimum Gasteiger partial charge on any atom is -0.451 e. The average molecular weight is 398 g/mol. The molecular formula is C18H14F4N2O4. The number of carbonyl (C=O) groups excluding carboxylic acids is 3. The van der Waals surface area contributed by atoms with Crippen LogP contribution in [0, 0.1) is 23.3 Å². The molecule has 0 fully saturated rings. The number of halogens is 4. The van der Waals surface area contributed by atoms with Crippen LogP contribution in [0.2, 0.25) is 0 Å². The lowest BCUT2D eigenvalue weighted by Crippen LogP contribution is -2.36. The van der Waals surface area contributed by atoms with Crippen LogP contribution in [0.1, 0.15) is 17.3 Å². The number of ether oxygens (including phenoxy) is 1. The quantitative estimate of drug-likeness (QED) is 0.579. The van der Waals surface area contributed by atoms with E-state index in [0.717, 1.165) is 24.3 Å². The number of amides is 2. The molecule has 0 spiro atoms. The first-order valence-electron chi connectivity index (χ1n) is 7.86. The second-order valence-corrected chi connectivity index (χ2v) is 5.55. The Balaban J connectivity index is 1.86. The summed E-state index contributed by atoms with van der Waals surface area (Å²) in [6.45, 7) is 0.494. The van der Waals surface area contributed by atoms with Crippen molar-refractivity contribution in [2.45, 2.75) is 13.0 Å². The highest BCUT2D eigenvalue weighted by Crippen LogP contribution is 2.15. The van der Waals surface area contributed by atoms with Crippen molar-refractivity contribution < 1.29 is 36.7 Å². The highest BCUT2D eigenvalue weighted by Gasteiger charge is 2.20. The number of esters is 1. The summed E-state index contributed by atoms with van der Waals surface area (Å²) < 4.78 is 57.4. The van der Waals surface area contributed by atoms with E-state index in [-0.39, 0.29) is 5.69 Å². The molecule has 6 nitrogen and oxygen atoms in total. The number of nitrogens with one attached hydrogen (secondary N) is 2. The first-order chi connectivity index (χ1) is 13.2. The maximum Gasteiger partial charge on any atom is 0.326 e. The minimum atomic E-state index is -1.36. The van der Waals surface area contributed by atoms with Gasteiger partial charge in [-0.3, -0.25) is 14.4 Å². The lowest BCUT2D eigenvalue weighted by atomic mass is 10.2. The molecule has 2 rings (SSSR count). The van der Waals surface area contributed by atoms with Crippen LogP contribution in [0.5, 0.6) is 0 Å². The van der Waals surface area contributed by atoms with Crippen LogP contribution in [0.25, 0.3) is 0 Å². The van der Waals surface area contributed by atoms with Crippen LogP contribution >= 0.6 is 0 Å². The third-order valence-corrected chi connectivity index (χ3v) is 3.44. The smallest absolute Gasteiger partial charge is 0.326 e. The Morgan fingerprint density at radius 3 is 2.18 bits per heavy atom. The van der Waals surface area contributed by atoms with Gasteiger partial charge in [0, 0.05) is 12.1 Å². The zero-order chi connectivity index (χ0) is 20.8. The van der Waals surface area contributed by atoms with Gasteiger partial charge in [-0.25, -0.2) is 17.6 Å². The molecule has 148 valence electrons. The third-order valence-electron chi connectivity index (χ3n) is 3.44. The van der Waals surface area contributed by atoms with Crippen molar-refractivity contribution in [1.29, 1.82) is 0 Å². The Labute approximate surface area is 156 Å². The monoisotopic (exact) mass is 398 g/mol. The van der Waals surface area contributed by atoms with Crippen molar-refractivity contribution in [1.82, 2.24) is 5.32 Å². The first kappa shape index (κ1) is 20.9. The Morgan fingerprint density at radius 1 is 0.964 bits per heavy atom. The Morgan fingerprint density at radius 2 is 1.57 bits per heavy atom. The summed E-state index contributed by atoms with van der Waals surface area (Å²) in [6.07, 6.45) is -1.36. The molecule has 2 aromatic carbocycles. The van der Waals surface area contributed by atoms with Gasteiger partial charge in [-0.15, -0.1) is 0 Å². The molecule has 2 aromatic rings. The summed E-state index contributed by atoms with van der Waals surface area (Å²) in [5.41, 5.74) is -0.791. The fourth-order valence-electron chi connectivity index (χ4n) is 2.04. The zero-order valence-electron chi connectivity index (χ0n) is 14.4. The van der Waals surface area contributed by atoms with E-state index in [1.165, 1.54) is 6.92 Å². The van der Waals surface area contributed by atoms with Crippen LogP contribution in [-0.2, 0) is 14.3 Å². The SMILES string of the molecule is CC(OC(=O)CNC(=O)c1ccc(F)cc1F)C(=O)Nc1ccc(F)cc1F. The van der Waals surface area contributed by atoms with E-state index in [4.69, 9.17) is 4.74 Å². The Hall–Kier alpha value is -3.43. The third kappa shape index (κ3) is 5.53. The molecule has 0 saturated carbocycles. The summed E-state index contributed by atoms with van der Waals surface area (Å²) in [5.74, 6) is -6.73. The zero-order valence-corrected chi connectivity index (χ0v) is 14.4. The van der Waals surface area contributed by atoms with E-state index >= 15 is 0 Å². The van der Waals surface area contributed by atoms with Gasteiger partial charge in [0.05, 0.1) is 11.3 Å². The van der Waals surface area contributed by atoms with Crippen molar-refractivity contribution in [3.8, 4) is 0 Å². The van der Waals surface area contributed by atoms with E-state index < -0.39 is 59.3 Å². The summed E-state index contributed by atoms with van der Waals surface area (Å²) >= 11 is 0. The molecule has 0 bridgehead atoms. The molecular weight excluding hydrogens is 384 g/mol. The van der Waals surface area contributed by atoms with E-state index in [2.05, 4.69) is 10.6 Å². The lowest BCUT2D eigenvalue weighted by molar-refractivity contribution is -0.152. The number of carbonyl (C=O) groups is 3. The molecule has 2 N–H and O–H groups in total. The fourth-order valence-corrected chi connectivity index (χ4v) is 2.04. The largest absolute Gasteiger partial charge is 0.451 e. The van der Waals surface area contributed by atoms with Gasteiger partial charge in [0.2, 0.25) is 0 Å². The molecule has 1 atom stereocenters. The highest BCUT2D eigenvalue weighted by atomic mass is 19.1. The molecule has 0 saturated heterocycles. The number of benzene rings is 2. The van der Waals surface area contributed by atoms with Crippen LogP contribution in [-0.4, -0.2) is 30.4 Å². The second-order valence-electron chi connectivity index (χ2n) is 5.55. The lowest BCUT2D eigenvalue weighted by Gasteiger charge is -2.14. The van der Waals surface area contributed by atoms with E-state index in [9.17, 15) is 31.9 Å². The van der Waals surface area contributed by atoms with Gasteiger partial charge in [0.25, 0.3) is 11.8 Å². The molecule has 0 aromatic heterocycles. The molecule has 0 aliphatic carbocycles. The van der Waals surface area contributed by atoms with Crippen LogP contribution < -0.4 is 10.6 Å². The van der Waals surface area contributed by atoms with Gasteiger partial charge in [-0.2, -0.15) is 0 Å². The summed E-state index contributed by atoms with van der Waals surface area (Å²) in [4.78, 5) is 35.4. The van der Waals surface area contributed by atoms with Crippen LogP contribution in [0.3, 0.4) is 0 Å². The molecule has 28 heavy (non-hydrogen) atoms. The molecule has 0 heterocycles. The van der Waals surface area contributed by atoms with E-state index in [1.807, 2.05) is 0 Å². The fraction of sp³-hybridized carbons (Fsp3) is 0.167. The number of rotatable bonds is 6. The maximum absolute atomic E-state index is 13.5. The molecule has 0 aliphatic heterocycles. The summed E-state index contributed by atoms with van der Waals surface area (Å²) in [5, 5.41) is 4.17. The van der Waals surface area contributed by atoms with E-state index in [1.54, 1.807) is 0 Å². The second kappa shape index (κ2) is 8.98. The number of hydrogen-bond acceptors (Lipinski definition) is 4. The topological polar surface area (TPSA) is 84.5 Å². The van der Waals surface area contributed by atoms with Crippen molar-refractivity contribution in [2.24, 2.45) is 0 Å². The molecule has 10 heteroatoms. The molecule has 1 unspecified atom stereocenters. The molecule has 2 amide bonds. The average Bonchev–Trinajstić information content (AvgIpc) is 2.62. The Kier molecular flexibility index (Phi) is 6.69. The van der Waals surface area contributed by atoms with Gasteiger partial charge in [0.15, 0.2) is 6.10 Å². The predicted octanol–water partition coefficient (Wildman–Crippen LogP) is 2.54. The molecule has 0 aliphatic rings. The van der Waals surface area contributed by atoms with Gasteiger partial charge in [0.1, 0.15) is 29.8 Å². The summed E-state index contributed by atoms with van der Waals surface area (Å²) in [6, 6.07) is 4.77. The van der Waals surface area contributed by atoms with Crippen molar-refractivity contribution in [2.75, 3.05) is 11.9 Å². The van der Waals surface area contributed by atoms with Crippen molar-refractivity contribution in [3.05, 3.63) is 65.2 Å². The predicted molar refractivity (Wildman–Crippen MR) is 89.2 cm³/mol. The van der Waals surface area contributed by atoms with Gasteiger partial charge in [-0.1, -0.05) is 0 Å². The van der Waals surface area contributed by atoms with Crippen molar-refractivity contribution in [3.63, 3.8) is 0 Å². The standard InChI is InChI=1S/C18H14F4N2O4/c1-9(17(26)24-15-5-3-11(20)7-14(15)22)28-16(25)8-23-18(27)12-4-2-10(19)6-13(12)21/h2-7,9H,8H2,1H3,(H,23,27)(H,24,26). The van der Waals surface area contributed by atoms with E-state index in [0.29, 0.717) is 12.1 Å². The number of anilines is 1. The Bertz CT molecular complexity index is 920. The van der Waals surface area contributed by atoms with Crippen LogP contribution in [0.15, 0.2) is 36.4 Å². The number of hydrogen-bond donors (Lipinski definition) is 2. The van der Waals surface area contributed by atoms with Gasteiger partial charge in [-0.05, 0) is 31.2 Å². The van der Waals surface area contributed by atoms with Gasteiger partial charge < -0.3 is 15.4 Å². The van der Waals surface area contributed by atoms with Crippen molar-refractivity contribution >= 4 is 23.5 Å². The highest BCUT2D eigenvalue weighted by molar-refractivity contribution is 5.97. The normalized spacial score (nSPS) is 11.5. The molecule has 0 radical (unpaired) electrons. The van der Waals surface area contributed by atoms with Gasteiger partial charge >= 0.3 is 5.97 Å². The van der Waals surface area contributed by atoms with Crippen LogP contribution in [0.4, 0.5) is 23.2 Å². The summed E-state index contributed by atoms with van der Waals surface area (Å²) in [7, 11) is 0. The minimum absolute atomic E-state index is 0.311. The maximum atomic E-state index is 13.5.